The number of non-ortho nitro benzene ring substituents is 1. The average Bonchev–Trinajstić information content (AvgIpc) is 2.39. The van der Waals surface area contributed by atoms with E-state index >= 15 is 0 Å². The molecule has 0 fully saturated rings. The first-order valence-electron chi connectivity index (χ1n) is 5.86. The minimum Gasteiger partial charge on any atom is -0.384 e. The summed E-state index contributed by atoms with van der Waals surface area (Å²) in [7, 11) is 0. The Morgan fingerprint density at radius 2 is 2.10 bits per heavy atom. The number of halogens is 1. The van der Waals surface area contributed by atoms with Gasteiger partial charge in [-0.2, -0.15) is 0 Å². The van der Waals surface area contributed by atoms with Gasteiger partial charge in [0.2, 0.25) is 0 Å². The van der Waals surface area contributed by atoms with Crippen molar-refractivity contribution >= 4 is 34.7 Å². The number of nitro benzene ring substituents is 1. The normalized spacial score (nSPS) is 10.2. The number of carbonyl (C=O) groups is 1. The second-order valence-electron chi connectivity index (χ2n) is 4.30. The van der Waals surface area contributed by atoms with Crippen molar-refractivity contribution in [1.29, 1.82) is 0 Å². The molecule has 0 aliphatic carbocycles. The van der Waals surface area contributed by atoms with Crippen molar-refractivity contribution in [1.82, 2.24) is 4.98 Å². The average molecular weight is 307 g/mol. The molecule has 3 N–H and O–H groups in total. The van der Waals surface area contributed by atoms with Crippen molar-refractivity contribution in [3.05, 3.63) is 56.7 Å². The van der Waals surface area contributed by atoms with Crippen LogP contribution in [0.1, 0.15) is 16.1 Å². The van der Waals surface area contributed by atoms with Crippen molar-refractivity contribution in [2.45, 2.75) is 6.92 Å². The zero-order valence-electron chi connectivity index (χ0n) is 11.0. The molecule has 8 heteroatoms. The third kappa shape index (κ3) is 3.46. The summed E-state index contributed by atoms with van der Waals surface area (Å²) in [6.07, 6.45) is 0. The van der Waals surface area contributed by atoms with Crippen molar-refractivity contribution in [3.8, 4) is 0 Å². The first kappa shape index (κ1) is 14.7. The minimum absolute atomic E-state index is 0.156. The summed E-state index contributed by atoms with van der Waals surface area (Å²) in [5.74, 6) is -0.264. The number of anilines is 2. The highest BCUT2D eigenvalue weighted by atomic mass is 35.5. The van der Waals surface area contributed by atoms with Gasteiger partial charge in [-0.3, -0.25) is 14.9 Å². The van der Waals surface area contributed by atoms with Gasteiger partial charge in [-0.15, -0.1) is 0 Å². The number of nitrogens with two attached hydrogens (primary N) is 1. The summed E-state index contributed by atoms with van der Waals surface area (Å²) in [4.78, 5) is 26.3. The number of amides is 1. The molecule has 2 rings (SSSR count). The highest BCUT2D eigenvalue weighted by molar-refractivity contribution is 6.34. The van der Waals surface area contributed by atoms with Crippen LogP contribution in [0.15, 0.2) is 30.3 Å². The molecule has 0 radical (unpaired) electrons. The lowest BCUT2D eigenvalue weighted by atomic mass is 10.2. The quantitative estimate of drug-likeness (QED) is 0.669. The Hall–Kier alpha value is -2.67. The first-order chi connectivity index (χ1) is 9.86. The number of hydrogen-bond donors (Lipinski definition) is 2. The molecule has 2 aromatic rings. The number of rotatable bonds is 3. The van der Waals surface area contributed by atoms with Crippen LogP contribution in [0.5, 0.6) is 0 Å². The van der Waals surface area contributed by atoms with Gasteiger partial charge in [-0.05, 0) is 25.1 Å². The van der Waals surface area contributed by atoms with E-state index in [1.165, 1.54) is 24.3 Å². The van der Waals surface area contributed by atoms with E-state index in [0.29, 0.717) is 11.3 Å². The van der Waals surface area contributed by atoms with Gasteiger partial charge >= 0.3 is 0 Å². The number of aryl methyl sites for hydroxylation is 1. The Balaban J connectivity index is 2.31. The zero-order valence-corrected chi connectivity index (χ0v) is 11.7. The number of nitro groups is 1. The van der Waals surface area contributed by atoms with Gasteiger partial charge in [0, 0.05) is 23.4 Å². The number of carbonyl (C=O) groups excluding carboxylic acids is 1. The molecule has 0 saturated heterocycles. The SMILES string of the molecule is Cc1cc(C(=O)Nc2cc([N+](=O)[O-])ccc2Cl)cc(N)n1. The van der Waals surface area contributed by atoms with Crippen LogP contribution in [0.3, 0.4) is 0 Å². The molecule has 1 aromatic heterocycles. The molecule has 0 bridgehead atoms. The van der Waals surface area contributed by atoms with Crippen molar-refractivity contribution in [2.75, 3.05) is 11.1 Å². The Morgan fingerprint density at radius 3 is 2.71 bits per heavy atom. The Bertz CT molecular complexity index is 713. The summed E-state index contributed by atoms with van der Waals surface area (Å²) < 4.78 is 0. The fraction of sp³-hybridized carbons (Fsp3) is 0.0769. The van der Waals surface area contributed by atoms with Crippen molar-refractivity contribution in [2.24, 2.45) is 0 Å². The maximum Gasteiger partial charge on any atom is 0.271 e. The predicted molar refractivity (Wildman–Crippen MR) is 79.4 cm³/mol. The van der Waals surface area contributed by atoms with Gasteiger partial charge in [0.15, 0.2) is 0 Å². The van der Waals surface area contributed by atoms with E-state index in [1.807, 2.05) is 0 Å². The number of nitrogens with one attached hydrogen (secondary N) is 1. The monoisotopic (exact) mass is 306 g/mol. The fourth-order valence-electron chi connectivity index (χ4n) is 1.74. The minimum atomic E-state index is -0.569. The molecule has 0 saturated carbocycles. The summed E-state index contributed by atoms with van der Waals surface area (Å²) in [5, 5.41) is 13.5. The molecule has 108 valence electrons. The largest absolute Gasteiger partial charge is 0.384 e. The highest BCUT2D eigenvalue weighted by Gasteiger charge is 2.14. The predicted octanol–water partition coefficient (Wildman–Crippen LogP) is 2.79. The fourth-order valence-corrected chi connectivity index (χ4v) is 1.91. The van der Waals surface area contributed by atoms with E-state index < -0.39 is 10.8 Å². The summed E-state index contributed by atoms with van der Waals surface area (Å²) in [6, 6.07) is 6.76. The molecular formula is C13H11ClN4O3. The number of nitrogens with zero attached hydrogens (tertiary/aromatic N) is 2. The Kier molecular flexibility index (Phi) is 4.04. The van der Waals surface area contributed by atoms with Gasteiger partial charge in [0.25, 0.3) is 11.6 Å². The number of aromatic nitrogens is 1. The summed E-state index contributed by atoms with van der Waals surface area (Å²) in [5.41, 5.74) is 6.45. The van der Waals surface area contributed by atoms with Crippen molar-refractivity contribution < 1.29 is 9.72 Å². The number of nitrogen functional groups attached to an aromatic ring is 1. The van der Waals surface area contributed by atoms with Gasteiger partial charge in [-0.25, -0.2) is 4.98 Å². The Labute approximate surface area is 124 Å². The zero-order chi connectivity index (χ0) is 15.6. The van der Waals surface area contributed by atoms with Crippen LogP contribution in [0.25, 0.3) is 0 Å². The van der Waals surface area contributed by atoms with E-state index in [1.54, 1.807) is 13.0 Å². The van der Waals surface area contributed by atoms with Gasteiger partial charge in [-0.1, -0.05) is 11.6 Å². The first-order valence-corrected chi connectivity index (χ1v) is 6.24. The summed E-state index contributed by atoms with van der Waals surface area (Å²) >= 11 is 5.92. The molecule has 0 aliphatic rings. The molecule has 7 nitrogen and oxygen atoms in total. The standard InChI is InChI=1S/C13H11ClN4O3/c1-7-4-8(5-12(15)16-7)13(19)17-11-6-9(18(20)21)2-3-10(11)14/h2-6H,1H3,(H2,15,16)(H,17,19). The van der Waals surface area contributed by atoms with E-state index in [4.69, 9.17) is 17.3 Å². The van der Waals surface area contributed by atoms with Gasteiger partial charge in [0.1, 0.15) is 5.82 Å². The molecule has 0 unspecified atom stereocenters. The number of hydrogen-bond acceptors (Lipinski definition) is 5. The van der Waals surface area contributed by atoms with E-state index in [-0.39, 0.29) is 22.2 Å². The van der Waals surface area contributed by atoms with Gasteiger partial charge in [0.05, 0.1) is 15.6 Å². The number of pyridine rings is 1. The van der Waals surface area contributed by atoms with Gasteiger partial charge < -0.3 is 11.1 Å². The molecule has 1 heterocycles. The molecule has 1 aromatic carbocycles. The van der Waals surface area contributed by atoms with E-state index in [0.717, 1.165) is 0 Å². The van der Waals surface area contributed by atoms with Crippen LogP contribution in [0.2, 0.25) is 5.02 Å². The molecule has 0 spiro atoms. The smallest absolute Gasteiger partial charge is 0.271 e. The van der Waals surface area contributed by atoms with Crippen LogP contribution < -0.4 is 11.1 Å². The maximum atomic E-state index is 12.1. The van der Waals surface area contributed by atoms with E-state index in [2.05, 4.69) is 10.3 Å². The summed E-state index contributed by atoms with van der Waals surface area (Å²) in [6.45, 7) is 1.70. The van der Waals surface area contributed by atoms with Crippen LogP contribution >= 0.6 is 11.6 Å². The molecule has 1 amide bonds. The lowest BCUT2D eigenvalue weighted by molar-refractivity contribution is -0.384. The second-order valence-corrected chi connectivity index (χ2v) is 4.70. The topological polar surface area (TPSA) is 111 Å². The van der Waals surface area contributed by atoms with Crippen LogP contribution in [-0.4, -0.2) is 15.8 Å². The Morgan fingerprint density at radius 1 is 1.38 bits per heavy atom. The van der Waals surface area contributed by atoms with Crippen molar-refractivity contribution in [3.63, 3.8) is 0 Å². The second kappa shape index (κ2) is 5.76. The molecule has 0 aliphatic heterocycles. The number of benzene rings is 1. The van der Waals surface area contributed by atoms with Crippen LogP contribution in [0.4, 0.5) is 17.2 Å². The molecule has 0 atom stereocenters. The lowest BCUT2D eigenvalue weighted by Gasteiger charge is -2.08. The maximum absolute atomic E-state index is 12.1. The molecule has 21 heavy (non-hydrogen) atoms. The van der Waals surface area contributed by atoms with Crippen LogP contribution in [0, 0.1) is 17.0 Å². The molecular weight excluding hydrogens is 296 g/mol. The lowest BCUT2D eigenvalue weighted by Crippen LogP contribution is -2.13. The highest BCUT2D eigenvalue weighted by Crippen LogP contribution is 2.27. The van der Waals surface area contributed by atoms with Crippen LogP contribution in [-0.2, 0) is 0 Å². The van der Waals surface area contributed by atoms with E-state index in [9.17, 15) is 14.9 Å². The third-order valence-electron chi connectivity index (χ3n) is 2.64. The third-order valence-corrected chi connectivity index (χ3v) is 2.97.